The van der Waals surface area contributed by atoms with Gasteiger partial charge in [0.15, 0.2) is 5.13 Å². The van der Waals surface area contributed by atoms with Gasteiger partial charge in [-0.15, -0.1) is 11.3 Å². The fourth-order valence-electron chi connectivity index (χ4n) is 1.90. The molecule has 1 heterocycles. The summed E-state index contributed by atoms with van der Waals surface area (Å²) in [6, 6.07) is 15.2. The SMILES string of the molecule is O=C(Nc1nc(S(=O)c2ccccc2)cs1)c1ccccc1O. The van der Waals surface area contributed by atoms with E-state index in [1.807, 2.05) is 6.07 Å². The second kappa shape index (κ2) is 6.72. The Labute approximate surface area is 139 Å². The number of phenolic OH excluding ortho intramolecular Hbond substituents is 1. The Morgan fingerprint density at radius 3 is 2.52 bits per heavy atom. The lowest BCUT2D eigenvalue weighted by Crippen LogP contribution is -2.11. The Bertz CT molecular complexity index is 863. The second-order valence-corrected chi connectivity index (χ2v) is 6.83. The van der Waals surface area contributed by atoms with Gasteiger partial charge in [0.05, 0.1) is 5.56 Å². The molecule has 0 aliphatic rings. The number of hydrogen-bond donors (Lipinski definition) is 2. The average molecular weight is 344 g/mol. The number of aromatic nitrogens is 1. The molecule has 0 saturated heterocycles. The predicted molar refractivity (Wildman–Crippen MR) is 89.3 cm³/mol. The molecule has 0 aliphatic heterocycles. The van der Waals surface area contributed by atoms with Gasteiger partial charge < -0.3 is 5.11 Å². The van der Waals surface area contributed by atoms with Crippen molar-refractivity contribution < 1.29 is 14.1 Å². The lowest BCUT2D eigenvalue weighted by molar-refractivity contribution is 0.102. The van der Waals surface area contributed by atoms with E-state index in [4.69, 9.17) is 0 Å². The van der Waals surface area contributed by atoms with Crippen molar-refractivity contribution in [1.29, 1.82) is 0 Å². The number of benzene rings is 2. The molecule has 3 aromatic rings. The van der Waals surface area contributed by atoms with Gasteiger partial charge >= 0.3 is 0 Å². The summed E-state index contributed by atoms with van der Waals surface area (Å²) in [6.45, 7) is 0. The van der Waals surface area contributed by atoms with Gasteiger partial charge in [-0.2, -0.15) is 0 Å². The first-order valence-corrected chi connectivity index (χ1v) is 8.70. The van der Waals surface area contributed by atoms with E-state index in [0.717, 1.165) is 0 Å². The van der Waals surface area contributed by atoms with Crippen LogP contribution in [0.3, 0.4) is 0 Å². The topological polar surface area (TPSA) is 79.3 Å². The summed E-state index contributed by atoms with van der Waals surface area (Å²) in [4.78, 5) is 16.9. The highest BCUT2D eigenvalue weighted by atomic mass is 32.2. The number of phenols is 1. The van der Waals surface area contributed by atoms with E-state index in [1.165, 1.54) is 23.5 Å². The Morgan fingerprint density at radius 1 is 1.09 bits per heavy atom. The van der Waals surface area contributed by atoms with Crippen LogP contribution in [0.1, 0.15) is 10.4 Å². The molecule has 0 spiro atoms. The van der Waals surface area contributed by atoms with Gasteiger partial charge in [0.1, 0.15) is 21.6 Å². The van der Waals surface area contributed by atoms with E-state index in [-0.39, 0.29) is 11.3 Å². The number of aromatic hydroxyl groups is 1. The van der Waals surface area contributed by atoms with Crippen molar-refractivity contribution in [2.24, 2.45) is 0 Å². The first-order chi connectivity index (χ1) is 11.1. The number of carbonyl (C=O) groups is 1. The molecule has 2 aromatic carbocycles. The lowest BCUT2D eigenvalue weighted by Gasteiger charge is -2.03. The third-order valence-corrected chi connectivity index (χ3v) is 5.20. The highest BCUT2D eigenvalue weighted by Gasteiger charge is 2.15. The molecule has 0 saturated carbocycles. The predicted octanol–water partition coefficient (Wildman–Crippen LogP) is 3.27. The molecule has 116 valence electrons. The minimum absolute atomic E-state index is 0.102. The fraction of sp³-hybridized carbons (Fsp3) is 0. The second-order valence-electron chi connectivity index (χ2n) is 4.54. The average Bonchev–Trinajstić information content (AvgIpc) is 3.03. The third-order valence-electron chi connectivity index (χ3n) is 3.00. The van der Waals surface area contributed by atoms with Crippen molar-refractivity contribution >= 4 is 33.2 Å². The fourth-order valence-corrected chi connectivity index (χ4v) is 3.84. The number of amides is 1. The number of nitrogens with one attached hydrogen (secondary N) is 1. The summed E-state index contributed by atoms with van der Waals surface area (Å²) >= 11 is 1.18. The molecule has 7 heteroatoms. The van der Waals surface area contributed by atoms with Crippen molar-refractivity contribution in [2.45, 2.75) is 9.92 Å². The Kier molecular flexibility index (Phi) is 4.50. The molecule has 1 unspecified atom stereocenters. The molecule has 2 N–H and O–H groups in total. The van der Waals surface area contributed by atoms with Crippen LogP contribution < -0.4 is 5.32 Å². The van der Waals surface area contributed by atoms with E-state index in [9.17, 15) is 14.1 Å². The maximum absolute atomic E-state index is 12.4. The van der Waals surface area contributed by atoms with Crippen LogP contribution in [0.25, 0.3) is 0 Å². The maximum Gasteiger partial charge on any atom is 0.261 e. The van der Waals surface area contributed by atoms with E-state index in [2.05, 4.69) is 10.3 Å². The molecule has 0 fully saturated rings. The molecule has 23 heavy (non-hydrogen) atoms. The molecule has 5 nitrogen and oxygen atoms in total. The summed E-state index contributed by atoms with van der Waals surface area (Å²) in [7, 11) is -1.39. The summed E-state index contributed by atoms with van der Waals surface area (Å²) in [5.41, 5.74) is 0.161. The van der Waals surface area contributed by atoms with Crippen LogP contribution in [0, 0.1) is 0 Å². The third kappa shape index (κ3) is 3.46. The van der Waals surface area contributed by atoms with Gasteiger partial charge in [0, 0.05) is 10.3 Å². The molecular weight excluding hydrogens is 332 g/mol. The van der Waals surface area contributed by atoms with E-state index < -0.39 is 16.7 Å². The minimum Gasteiger partial charge on any atom is -0.507 e. The highest BCUT2D eigenvalue weighted by Crippen LogP contribution is 2.23. The van der Waals surface area contributed by atoms with Crippen LogP contribution in [-0.4, -0.2) is 20.2 Å². The highest BCUT2D eigenvalue weighted by molar-refractivity contribution is 7.85. The molecule has 1 atom stereocenters. The van der Waals surface area contributed by atoms with Gasteiger partial charge in [-0.05, 0) is 24.3 Å². The summed E-state index contributed by atoms with van der Waals surface area (Å²) < 4.78 is 12.4. The van der Waals surface area contributed by atoms with Crippen LogP contribution in [0.4, 0.5) is 5.13 Å². The van der Waals surface area contributed by atoms with Gasteiger partial charge in [-0.1, -0.05) is 30.3 Å². The van der Waals surface area contributed by atoms with E-state index in [0.29, 0.717) is 15.1 Å². The molecule has 1 amide bonds. The van der Waals surface area contributed by atoms with Crippen LogP contribution in [0.2, 0.25) is 0 Å². The Balaban J connectivity index is 1.76. The van der Waals surface area contributed by atoms with Gasteiger partial charge in [-0.3, -0.25) is 10.1 Å². The van der Waals surface area contributed by atoms with Gasteiger partial charge in [0.25, 0.3) is 5.91 Å². The van der Waals surface area contributed by atoms with Crippen LogP contribution in [0.15, 0.2) is 69.9 Å². The quantitative estimate of drug-likeness (QED) is 0.761. The molecule has 1 aromatic heterocycles. The molecule has 3 rings (SSSR count). The first kappa shape index (κ1) is 15.4. The van der Waals surface area contributed by atoms with E-state index in [1.54, 1.807) is 41.8 Å². The molecule has 0 aliphatic carbocycles. The lowest BCUT2D eigenvalue weighted by atomic mass is 10.2. The number of thiazole rings is 1. The zero-order chi connectivity index (χ0) is 16.2. The summed E-state index contributed by atoms with van der Waals surface area (Å²) in [5, 5.41) is 14.6. The number of carbonyl (C=O) groups excluding carboxylic acids is 1. The van der Waals surface area contributed by atoms with Crippen molar-refractivity contribution in [3.8, 4) is 5.75 Å². The largest absolute Gasteiger partial charge is 0.507 e. The van der Waals surface area contributed by atoms with Gasteiger partial charge in [0.2, 0.25) is 0 Å². The first-order valence-electron chi connectivity index (χ1n) is 6.67. The van der Waals surface area contributed by atoms with Crippen molar-refractivity contribution in [3.63, 3.8) is 0 Å². The number of rotatable bonds is 4. The zero-order valence-electron chi connectivity index (χ0n) is 11.8. The number of nitrogens with zero attached hydrogens (tertiary/aromatic N) is 1. The van der Waals surface area contributed by atoms with Crippen molar-refractivity contribution in [3.05, 3.63) is 65.5 Å². The van der Waals surface area contributed by atoms with Crippen molar-refractivity contribution in [1.82, 2.24) is 4.98 Å². The molecule has 0 radical (unpaired) electrons. The molecular formula is C16H12N2O3S2. The van der Waals surface area contributed by atoms with Crippen LogP contribution >= 0.6 is 11.3 Å². The van der Waals surface area contributed by atoms with E-state index >= 15 is 0 Å². The van der Waals surface area contributed by atoms with Crippen LogP contribution in [0.5, 0.6) is 5.75 Å². The normalized spacial score (nSPS) is 11.8. The Hall–Kier alpha value is -2.51. The standard InChI is InChI=1S/C16H12N2O3S2/c19-13-9-5-4-8-12(13)15(20)18-16-17-14(10-22-16)23(21)11-6-2-1-3-7-11/h1-10,19H,(H,17,18,20). The monoisotopic (exact) mass is 344 g/mol. The van der Waals surface area contributed by atoms with Crippen molar-refractivity contribution in [2.75, 3.05) is 5.32 Å². The van der Waals surface area contributed by atoms with Crippen LogP contribution in [-0.2, 0) is 10.8 Å². The van der Waals surface area contributed by atoms with Gasteiger partial charge in [-0.25, -0.2) is 9.19 Å². The minimum atomic E-state index is -1.39. The number of anilines is 1. The summed E-state index contributed by atoms with van der Waals surface area (Å²) in [6.07, 6.45) is 0. The Morgan fingerprint density at radius 2 is 1.78 bits per heavy atom. The summed E-state index contributed by atoms with van der Waals surface area (Å²) in [5.74, 6) is -0.566. The zero-order valence-corrected chi connectivity index (χ0v) is 13.4. The molecule has 0 bridgehead atoms. The maximum atomic E-state index is 12.4. The number of hydrogen-bond acceptors (Lipinski definition) is 5. The smallest absolute Gasteiger partial charge is 0.261 e. The number of para-hydroxylation sites is 1.